The van der Waals surface area contributed by atoms with Crippen molar-refractivity contribution >= 4 is 5.96 Å². The maximum Gasteiger partial charge on any atom is 0.191 e. The summed E-state index contributed by atoms with van der Waals surface area (Å²) in [5.74, 6) is 1.01. The Labute approximate surface area is 113 Å². The standard InChI is InChI=1S/C15H20FN3/c1-19(14-6-7-14)15(17)18-13-8-11(9-13)10-2-4-12(16)5-3-10/h2-5,11,13-14H,6-9H2,1H3,(H2,17,18). The number of nitrogens with two attached hydrogens (primary N) is 1. The Morgan fingerprint density at radius 2 is 1.89 bits per heavy atom. The first-order valence-corrected chi connectivity index (χ1v) is 6.95. The van der Waals surface area contributed by atoms with Crippen LogP contribution in [0.2, 0.25) is 0 Å². The van der Waals surface area contributed by atoms with Gasteiger partial charge in [-0.05, 0) is 49.3 Å². The lowest BCUT2D eigenvalue weighted by molar-refractivity contribution is 0.347. The fourth-order valence-corrected chi connectivity index (χ4v) is 2.63. The zero-order valence-corrected chi connectivity index (χ0v) is 11.2. The van der Waals surface area contributed by atoms with E-state index in [-0.39, 0.29) is 5.82 Å². The van der Waals surface area contributed by atoms with E-state index in [1.165, 1.54) is 30.5 Å². The van der Waals surface area contributed by atoms with Crippen LogP contribution < -0.4 is 5.73 Å². The van der Waals surface area contributed by atoms with Gasteiger partial charge < -0.3 is 10.6 Å². The number of rotatable bonds is 3. The van der Waals surface area contributed by atoms with Crippen LogP contribution in [0.1, 0.15) is 37.2 Å². The normalized spacial score (nSPS) is 26.9. The van der Waals surface area contributed by atoms with E-state index >= 15 is 0 Å². The van der Waals surface area contributed by atoms with Crippen LogP contribution in [0, 0.1) is 5.82 Å². The van der Waals surface area contributed by atoms with Crippen LogP contribution in [0.4, 0.5) is 4.39 Å². The van der Waals surface area contributed by atoms with E-state index in [4.69, 9.17) is 5.73 Å². The van der Waals surface area contributed by atoms with Crippen LogP contribution >= 0.6 is 0 Å². The molecule has 0 unspecified atom stereocenters. The van der Waals surface area contributed by atoms with Gasteiger partial charge in [-0.25, -0.2) is 9.38 Å². The van der Waals surface area contributed by atoms with Crippen molar-refractivity contribution in [1.29, 1.82) is 0 Å². The highest BCUT2D eigenvalue weighted by molar-refractivity contribution is 5.78. The Morgan fingerprint density at radius 1 is 1.26 bits per heavy atom. The molecule has 0 radical (unpaired) electrons. The summed E-state index contributed by atoms with van der Waals surface area (Å²) in [6, 6.07) is 7.75. The predicted octanol–water partition coefficient (Wildman–Crippen LogP) is 2.48. The van der Waals surface area contributed by atoms with Gasteiger partial charge >= 0.3 is 0 Å². The maximum absolute atomic E-state index is 12.8. The monoisotopic (exact) mass is 261 g/mol. The third kappa shape index (κ3) is 2.72. The number of guanidine groups is 1. The van der Waals surface area contributed by atoms with Gasteiger partial charge in [0.1, 0.15) is 5.82 Å². The number of hydrogen-bond acceptors (Lipinski definition) is 1. The number of aliphatic imine (C=N–C) groups is 1. The second-order valence-corrected chi connectivity index (χ2v) is 5.70. The van der Waals surface area contributed by atoms with Crippen molar-refractivity contribution < 1.29 is 4.39 Å². The van der Waals surface area contributed by atoms with Crippen LogP contribution in [0.15, 0.2) is 29.3 Å². The number of hydrogen-bond donors (Lipinski definition) is 1. The van der Waals surface area contributed by atoms with E-state index in [2.05, 4.69) is 9.89 Å². The minimum absolute atomic E-state index is 0.173. The minimum Gasteiger partial charge on any atom is -0.370 e. The average molecular weight is 261 g/mol. The Kier molecular flexibility index (Phi) is 3.17. The summed E-state index contributed by atoms with van der Waals surface area (Å²) in [6.45, 7) is 0. The third-order valence-corrected chi connectivity index (χ3v) is 4.23. The highest BCUT2D eigenvalue weighted by Crippen LogP contribution is 2.39. The van der Waals surface area contributed by atoms with Crippen LogP contribution in [0.25, 0.3) is 0 Å². The first-order chi connectivity index (χ1) is 9.13. The molecule has 0 saturated heterocycles. The lowest BCUT2D eigenvalue weighted by Gasteiger charge is -2.34. The van der Waals surface area contributed by atoms with Crippen molar-refractivity contribution in [1.82, 2.24) is 4.90 Å². The van der Waals surface area contributed by atoms with Crippen molar-refractivity contribution in [3.63, 3.8) is 0 Å². The quantitative estimate of drug-likeness (QED) is 0.671. The highest BCUT2D eigenvalue weighted by Gasteiger charge is 2.32. The Hall–Kier alpha value is -1.58. The fourth-order valence-electron chi connectivity index (χ4n) is 2.63. The third-order valence-electron chi connectivity index (χ3n) is 4.23. The van der Waals surface area contributed by atoms with Crippen molar-refractivity contribution in [3.05, 3.63) is 35.6 Å². The molecule has 3 nitrogen and oxygen atoms in total. The summed E-state index contributed by atoms with van der Waals surface area (Å²) in [4.78, 5) is 6.67. The summed E-state index contributed by atoms with van der Waals surface area (Å²) in [5, 5.41) is 0. The van der Waals surface area contributed by atoms with Crippen LogP contribution in [0.3, 0.4) is 0 Å². The van der Waals surface area contributed by atoms with E-state index in [0.29, 0.717) is 24.0 Å². The molecule has 0 aromatic heterocycles. The van der Waals surface area contributed by atoms with Gasteiger partial charge in [0.2, 0.25) is 0 Å². The van der Waals surface area contributed by atoms with Crippen molar-refractivity contribution in [3.8, 4) is 0 Å². The molecule has 102 valence electrons. The molecular weight excluding hydrogens is 241 g/mol. The van der Waals surface area contributed by atoms with E-state index in [0.717, 1.165) is 12.8 Å². The summed E-state index contributed by atoms with van der Waals surface area (Å²) in [6.07, 6.45) is 4.50. The van der Waals surface area contributed by atoms with Crippen molar-refractivity contribution in [2.75, 3.05) is 7.05 Å². The average Bonchev–Trinajstić information content (AvgIpc) is 3.17. The minimum atomic E-state index is -0.173. The lowest BCUT2D eigenvalue weighted by Crippen LogP contribution is -2.38. The van der Waals surface area contributed by atoms with Gasteiger partial charge in [-0.2, -0.15) is 0 Å². The lowest BCUT2D eigenvalue weighted by atomic mass is 9.76. The summed E-state index contributed by atoms with van der Waals surface area (Å²) < 4.78 is 12.8. The largest absolute Gasteiger partial charge is 0.370 e. The molecule has 1 aromatic carbocycles. The Balaban J connectivity index is 1.54. The van der Waals surface area contributed by atoms with E-state index in [9.17, 15) is 4.39 Å². The SMILES string of the molecule is CN(C(N)=NC1CC(c2ccc(F)cc2)C1)C1CC1. The second kappa shape index (κ2) is 4.83. The highest BCUT2D eigenvalue weighted by atomic mass is 19.1. The van der Waals surface area contributed by atoms with E-state index in [1.54, 1.807) is 0 Å². The van der Waals surface area contributed by atoms with Gasteiger partial charge in [-0.3, -0.25) is 0 Å². The Bertz CT molecular complexity index is 473. The molecule has 2 N–H and O–H groups in total. The first kappa shape index (κ1) is 12.5. The summed E-state index contributed by atoms with van der Waals surface area (Å²) in [5.41, 5.74) is 7.21. The number of nitrogens with zero attached hydrogens (tertiary/aromatic N) is 2. The maximum atomic E-state index is 12.8. The van der Waals surface area contributed by atoms with Crippen LogP contribution in [-0.4, -0.2) is 30.0 Å². The molecule has 0 aliphatic heterocycles. The smallest absolute Gasteiger partial charge is 0.191 e. The van der Waals surface area contributed by atoms with Gasteiger partial charge in [0, 0.05) is 13.1 Å². The molecule has 19 heavy (non-hydrogen) atoms. The summed E-state index contributed by atoms with van der Waals surface area (Å²) >= 11 is 0. The molecule has 1 aromatic rings. The molecule has 0 amide bonds. The van der Waals surface area contributed by atoms with Gasteiger partial charge in [0.05, 0.1) is 6.04 Å². The zero-order valence-electron chi connectivity index (χ0n) is 11.2. The fraction of sp³-hybridized carbons (Fsp3) is 0.533. The zero-order chi connectivity index (χ0) is 13.4. The molecule has 2 aliphatic rings. The molecule has 2 aliphatic carbocycles. The molecule has 0 atom stereocenters. The van der Waals surface area contributed by atoms with Crippen LogP contribution in [0.5, 0.6) is 0 Å². The Morgan fingerprint density at radius 3 is 2.47 bits per heavy atom. The van der Waals surface area contributed by atoms with Gasteiger partial charge in [-0.15, -0.1) is 0 Å². The molecule has 2 fully saturated rings. The summed E-state index contributed by atoms with van der Waals surface area (Å²) in [7, 11) is 2.02. The molecule has 3 rings (SSSR count). The first-order valence-electron chi connectivity index (χ1n) is 6.95. The van der Waals surface area contributed by atoms with Gasteiger partial charge in [0.15, 0.2) is 5.96 Å². The second-order valence-electron chi connectivity index (χ2n) is 5.70. The topological polar surface area (TPSA) is 41.6 Å². The molecule has 0 heterocycles. The van der Waals surface area contributed by atoms with Crippen molar-refractivity contribution in [2.45, 2.75) is 43.7 Å². The van der Waals surface area contributed by atoms with Gasteiger partial charge in [-0.1, -0.05) is 12.1 Å². The molecule has 0 bridgehead atoms. The number of halogens is 1. The number of benzene rings is 1. The molecule has 0 spiro atoms. The molecule has 4 heteroatoms. The van der Waals surface area contributed by atoms with Crippen LogP contribution in [-0.2, 0) is 0 Å². The predicted molar refractivity (Wildman–Crippen MR) is 74.6 cm³/mol. The van der Waals surface area contributed by atoms with Gasteiger partial charge in [0.25, 0.3) is 0 Å². The van der Waals surface area contributed by atoms with Crippen molar-refractivity contribution in [2.24, 2.45) is 10.7 Å². The molecular formula is C15H20FN3. The van der Waals surface area contributed by atoms with E-state index in [1.807, 2.05) is 19.2 Å². The van der Waals surface area contributed by atoms with E-state index < -0.39 is 0 Å². The molecule has 2 saturated carbocycles.